The maximum Gasteiger partial charge on any atom is 0.494 e. The van der Waals surface area contributed by atoms with Crippen LogP contribution in [0.2, 0.25) is 0 Å². The van der Waals surface area contributed by atoms with Crippen LogP contribution in [0.5, 0.6) is 0 Å². The summed E-state index contributed by atoms with van der Waals surface area (Å²) in [5.41, 5.74) is 0.306. The van der Waals surface area contributed by atoms with E-state index in [9.17, 15) is 9.90 Å². The second-order valence-electron chi connectivity index (χ2n) is 11.5. The Hall–Kier alpha value is -2.09. The Labute approximate surface area is 204 Å². The SMILES string of the molecule is C[C@@H](c1ccc(B2OC(C)(C)C(C)(C)O2)cc1)N1C[C@](CC(C)(C)O)(C2=CCCC=C2)OC1=O. The fourth-order valence-corrected chi connectivity index (χ4v) is 4.98. The van der Waals surface area contributed by atoms with Gasteiger partial charge in [0.05, 0.1) is 29.4 Å². The number of hydrogen-bond donors (Lipinski definition) is 1. The molecule has 2 atom stereocenters. The van der Waals surface area contributed by atoms with E-state index < -0.39 is 29.5 Å². The van der Waals surface area contributed by atoms with Crippen LogP contribution in [0.1, 0.15) is 79.3 Å². The topological polar surface area (TPSA) is 68.2 Å². The number of hydrogen-bond acceptors (Lipinski definition) is 5. The molecule has 2 aliphatic heterocycles. The molecule has 2 heterocycles. The highest BCUT2D eigenvalue weighted by Gasteiger charge is 2.52. The molecular formula is C27H38BNO5. The zero-order valence-electron chi connectivity index (χ0n) is 21.6. The van der Waals surface area contributed by atoms with Gasteiger partial charge in [0, 0.05) is 6.42 Å². The lowest BCUT2D eigenvalue weighted by molar-refractivity contribution is -0.00935. The number of nitrogens with zero attached hydrogens (tertiary/aromatic N) is 1. The van der Waals surface area contributed by atoms with Crippen molar-refractivity contribution in [2.24, 2.45) is 0 Å². The fraction of sp³-hybridized carbons (Fsp3) is 0.593. The molecule has 1 amide bonds. The molecule has 1 aromatic carbocycles. The Kier molecular flexibility index (Phi) is 6.29. The predicted octanol–water partition coefficient (Wildman–Crippen LogP) is 4.68. The molecule has 0 saturated carbocycles. The number of carbonyl (C=O) groups is 1. The lowest BCUT2D eigenvalue weighted by Gasteiger charge is -2.35. The first kappa shape index (κ1) is 25.0. The highest BCUT2D eigenvalue weighted by molar-refractivity contribution is 6.62. The molecule has 7 heteroatoms. The quantitative estimate of drug-likeness (QED) is 0.616. The van der Waals surface area contributed by atoms with Gasteiger partial charge in [-0.3, -0.25) is 4.90 Å². The van der Waals surface area contributed by atoms with Gasteiger partial charge in [0.2, 0.25) is 0 Å². The Morgan fingerprint density at radius 3 is 2.24 bits per heavy atom. The second-order valence-corrected chi connectivity index (χ2v) is 11.5. The minimum atomic E-state index is -0.976. The molecule has 0 bridgehead atoms. The number of ether oxygens (including phenoxy) is 1. The average molecular weight is 467 g/mol. The molecule has 2 fully saturated rings. The summed E-state index contributed by atoms with van der Waals surface area (Å²) in [6.45, 7) is 14.1. The summed E-state index contributed by atoms with van der Waals surface area (Å²) in [5, 5.41) is 10.6. The summed E-state index contributed by atoms with van der Waals surface area (Å²) in [7, 11) is -0.421. The van der Waals surface area contributed by atoms with Crippen molar-refractivity contribution in [2.75, 3.05) is 6.54 Å². The van der Waals surface area contributed by atoms with Crippen molar-refractivity contribution in [3.63, 3.8) is 0 Å². The van der Waals surface area contributed by atoms with E-state index in [1.165, 1.54) is 0 Å². The average Bonchev–Trinajstić information content (AvgIpc) is 3.19. The molecule has 4 rings (SSSR count). The standard InChI is InChI=1S/C27H38BNO5/c1-19(20-13-15-22(16-14-20)28-33-25(4,5)26(6,7)34-28)29-18-27(32-23(29)30,17-24(2,3)31)21-11-9-8-10-12-21/h9,11-16,19,31H,8,10,17-18H2,1-7H3/t19-,27+/m0/s1. The van der Waals surface area contributed by atoms with Gasteiger partial charge in [-0.15, -0.1) is 0 Å². The summed E-state index contributed by atoms with van der Waals surface area (Å²) in [6.07, 6.45) is 8.15. The summed E-state index contributed by atoms with van der Waals surface area (Å²) in [6, 6.07) is 7.87. The number of allylic oxidation sites excluding steroid dienone is 2. The van der Waals surface area contributed by atoms with E-state index in [0.717, 1.165) is 29.4 Å². The van der Waals surface area contributed by atoms with Gasteiger partial charge in [0.1, 0.15) is 0 Å². The van der Waals surface area contributed by atoms with Gasteiger partial charge in [0.25, 0.3) is 0 Å². The van der Waals surface area contributed by atoms with Crippen molar-refractivity contribution in [3.8, 4) is 0 Å². The van der Waals surface area contributed by atoms with Gasteiger partial charge in [-0.05, 0) is 77.9 Å². The number of aliphatic hydroxyl groups is 1. The van der Waals surface area contributed by atoms with Crippen molar-refractivity contribution in [3.05, 3.63) is 53.6 Å². The van der Waals surface area contributed by atoms with Gasteiger partial charge in [0.15, 0.2) is 5.60 Å². The van der Waals surface area contributed by atoms with Crippen LogP contribution in [0.15, 0.2) is 48.1 Å². The van der Waals surface area contributed by atoms with Gasteiger partial charge in [-0.1, -0.05) is 42.5 Å². The minimum absolute atomic E-state index is 0.184. The lowest BCUT2D eigenvalue weighted by atomic mass is 9.78. The monoisotopic (exact) mass is 467 g/mol. The van der Waals surface area contributed by atoms with E-state index in [1.54, 1.807) is 18.7 Å². The van der Waals surface area contributed by atoms with Gasteiger partial charge < -0.3 is 19.2 Å². The molecule has 0 aromatic heterocycles. The summed E-state index contributed by atoms with van der Waals surface area (Å²) >= 11 is 0. The molecule has 1 aromatic rings. The summed E-state index contributed by atoms with van der Waals surface area (Å²) in [5.74, 6) is 0. The zero-order valence-corrected chi connectivity index (χ0v) is 21.6. The number of carbonyl (C=O) groups excluding carboxylic acids is 1. The van der Waals surface area contributed by atoms with Crippen LogP contribution in [0.25, 0.3) is 0 Å². The van der Waals surface area contributed by atoms with Crippen LogP contribution in [0, 0.1) is 0 Å². The van der Waals surface area contributed by atoms with Gasteiger partial charge in [-0.25, -0.2) is 4.79 Å². The molecule has 3 aliphatic rings. The third-order valence-corrected chi connectivity index (χ3v) is 7.59. The smallest absolute Gasteiger partial charge is 0.436 e. The van der Waals surface area contributed by atoms with Crippen molar-refractivity contribution >= 4 is 18.7 Å². The fourth-order valence-electron chi connectivity index (χ4n) is 4.98. The van der Waals surface area contributed by atoms with Crippen molar-refractivity contribution in [1.82, 2.24) is 4.90 Å². The largest absolute Gasteiger partial charge is 0.494 e. The van der Waals surface area contributed by atoms with E-state index in [2.05, 4.69) is 12.2 Å². The van der Waals surface area contributed by atoms with Crippen LogP contribution in [-0.4, -0.2) is 52.2 Å². The molecule has 184 valence electrons. The summed E-state index contributed by atoms with van der Waals surface area (Å²) < 4.78 is 18.4. The molecule has 2 saturated heterocycles. The lowest BCUT2D eigenvalue weighted by Crippen LogP contribution is -2.43. The van der Waals surface area contributed by atoms with Gasteiger partial charge >= 0.3 is 13.2 Å². The number of cyclic esters (lactones) is 1. The second kappa shape index (κ2) is 8.54. The van der Waals surface area contributed by atoms with Crippen LogP contribution in [-0.2, 0) is 14.0 Å². The van der Waals surface area contributed by atoms with Crippen molar-refractivity contribution in [2.45, 2.75) is 96.2 Å². The molecule has 0 spiro atoms. The first-order valence-corrected chi connectivity index (χ1v) is 12.3. The molecule has 0 radical (unpaired) electrons. The molecule has 0 unspecified atom stereocenters. The highest BCUT2D eigenvalue weighted by Crippen LogP contribution is 2.42. The Morgan fingerprint density at radius 2 is 1.71 bits per heavy atom. The summed E-state index contributed by atoms with van der Waals surface area (Å²) in [4.78, 5) is 14.8. The molecule has 6 nitrogen and oxygen atoms in total. The third-order valence-electron chi connectivity index (χ3n) is 7.59. The molecule has 1 aliphatic carbocycles. The maximum atomic E-state index is 13.1. The predicted molar refractivity (Wildman–Crippen MR) is 134 cm³/mol. The maximum absolute atomic E-state index is 13.1. The van der Waals surface area contributed by atoms with Crippen LogP contribution in [0.4, 0.5) is 4.79 Å². The Balaban J connectivity index is 1.54. The van der Waals surface area contributed by atoms with E-state index in [0.29, 0.717) is 13.0 Å². The molecule has 1 N–H and O–H groups in total. The first-order valence-electron chi connectivity index (χ1n) is 12.3. The van der Waals surface area contributed by atoms with Crippen molar-refractivity contribution < 1.29 is 23.9 Å². The number of rotatable bonds is 6. The van der Waals surface area contributed by atoms with Gasteiger partial charge in [-0.2, -0.15) is 0 Å². The minimum Gasteiger partial charge on any atom is -0.436 e. The Morgan fingerprint density at radius 1 is 1.09 bits per heavy atom. The normalized spacial score (nSPS) is 27.1. The van der Waals surface area contributed by atoms with E-state index in [1.807, 2.05) is 65.0 Å². The molecule has 34 heavy (non-hydrogen) atoms. The Bertz CT molecular complexity index is 975. The number of amides is 1. The molecular weight excluding hydrogens is 429 g/mol. The van der Waals surface area contributed by atoms with E-state index in [-0.39, 0.29) is 12.1 Å². The third kappa shape index (κ3) is 4.70. The van der Waals surface area contributed by atoms with Crippen LogP contribution in [0.3, 0.4) is 0 Å². The van der Waals surface area contributed by atoms with Crippen molar-refractivity contribution in [1.29, 1.82) is 0 Å². The van der Waals surface area contributed by atoms with Crippen LogP contribution >= 0.6 is 0 Å². The highest BCUT2D eigenvalue weighted by atomic mass is 16.7. The number of benzene rings is 1. The first-order chi connectivity index (χ1) is 15.7. The van der Waals surface area contributed by atoms with Crippen LogP contribution < -0.4 is 5.46 Å². The van der Waals surface area contributed by atoms with E-state index >= 15 is 0 Å². The zero-order chi connectivity index (χ0) is 24.9. The van der Waals surface area contributed by atoms with E-state index in [4.69, 9.17) is 14.0 Å².